The van der Waals surface area contributed by atoms with Gasteiger partial charge in [-0.3, -0.25) is 9.59 Å². The van der Waals surface area contributed by atoms with E-state index in [9.17, 15) is 9.59 Å². The van der Waals surface area contributed by atoms with Gasteiger partial charge in [-0.1, -0.05) is 24.3 Å². The van der Waals surface area contributed by atoms with Crippen molar-refractivity contribution in [3.8, 4) is 11.5 Å². The van der Waals surface area contributed by atoms with Gasteiger partial charge in [0.25, 0.3) is 0 Å². The Labute approximate surface area is 105 Å². The molecule has 0 spiro atoms. The lowest BCUT2D eigenvalue weighted by molar-refractivity contribution is 0.111. The van der Waals surface area contributed by atoms with E-state index in [1.54, 1.807) is 18.2 Å². The van der Waals surface area contributed by atoms with E-state index in [1.165, 1.54) is 0 Å². The third-order valence-electron chi connectivity index (χ3n) is 2.61. The van der Waals surface area contributed by atoms with Gasteiger partial charge >= 0.3 is 0 Å². The Morgan fingerprint density at radius 2 is 1.72 bits per heavy atom. The molecule has 0 fully saturated rings. The average Bonchev–Trinajstić information content (AvgIpc) is 2.41. The van der Waals surface area contributed by atoms with Crippen molar-refractivity contribution in [2.45, 2.75) is 6.92 Å². The molecule has 0 heterocycles. The Hall–Kier alpha value is -2.42. The fraction of sp³-hybridized carbons (Fsp3) is 0.0667. The standard InChI is InChI=1S/C15H12O3/c1-11-4-2-3-5-14(11)18-15-8-12(9-16)6-7-13(15)10-17/h2-10H,1H3. The van der Waals surface area contributed by atoms with Gasteiger partial charge in [0.05, 0.1) is 5.56 Å². The summed E-state index contributed by atoms with van der Waals surface area (Å²) in [5, 5.41) is 0. The van der Waals surface area contributed by atoms with Gasteiger partial charge in [-0.2, -0.15) is 0 Å². The van der Waals surface area contributed by atoms with Crippen LogP contribution >= 0.6 is 0 Å². The third kappa shape index (κ3) is 2.46. The second kappa shape index (κ2) is 5.27. The zero-order valence-corrected chi connectivity index (χ0v) is 9.92. The van der Waals surface area contributed by atoms with Crippen LogP contribution in [0.25, 0.3) is 0 Å². The van der Waals surface area contributed by atoms with Gasteiger partial charge < -0.3 is 4.74 Å². The van der Waals surface area contributed by atoms with Crippen molar-refractivity contribution >= 4 is 12.6 Å². The number of rotatable bonds is 4. The normalized spacial score (nSPS) is 9.83. The molecule has 90 valence electrons. The van der Waals surface area contributed by atoms with E-state index < -0.39 is 0 Å². The summed E-state index contributed by atoms with van der Waals surface area (Å²) < 4.78 is 5.68. The summed E-state index contributed by atoms with van der Waals surface area (Å²) in [5.74, 6) is 1.06. The van der Waals surface area contributed by atoms with Crippen LogP contribution in [-0.2, 0) is 0 Å². The Balaban J connectivity index is 2.41. The summed E-state index contributed by atoms with van der Waals surface area (Å²) in [6.45, 7) is 1.92. The van der Waals surface area contributed by atoms with Crippen LogP contribution in [0, 0.1) is 6.92 Å². The van der Waals surface area contributed by atoms with Crippen molar-refractivity contribution in [2.75, 3.05) is 0 Å². The Kier molecular flexibility index (Phi) is 3.53. The van der Waals surface area contributed by atoms with Gasteiger partial charge in [-0.25, -0.2) is 0 Å². The topological polar surface area (TPSA) is 43.4 Å². The fourth-order valence-electron chi connectivity index (χ4n) is 1.60. The fourth-order valence-corrected chi connectivity index (χ4v) is 1.60. The first kappa shape index (κ1) is 12.0. The minimum absolute atomic E-state index is 0.393. The molecular weight excluding hydrogens is 228 g/mol. The third-order valence-corrected chi connectivity index (χ3v) is 2.61. The highest BCUT2D eigenvalue weighted by molar-refractivity contribution is 5.83. The molecule has 0 saturated heterocycles. The molecule has 0 amide bonds. The van der Waals surface area contributed by atoms with Crippen LogP contribution in [0.5, 0.6) is 11.5 Å². The quantitative estimate of drug-likeness (QED) is 0.769. The maximum atomic E-state index is 10.9. The highest BCUT2D eigenvalue weighted by atomic mass is 16.5. The molecule has 0 unspecified atom stereocenters. The van der Waals surface area contributed by atoms with E-state index in [0.717, 1.165) is 11.8 Å². The second-order valence-electron chi connectivity index (χ2n) is 3.90. The molecule has 0 bridgehead atoms. The predicted molar refractivity (Wildman–Crippen MR) is 68.5 cm³/mol. The molecule has 0 aliphatic heterocycles. The number of hydrogen-bond donors (Lipinski definition) is 0. The van der Waals surface area contributed by atoms with Crippen LogP contribution in [0.3, 0.4) is 0 Å². The number of carbonyl (C=O) groups is 2. The maximum absolute atomic E-state index is 10.9. The first-order valence-electron chi connectivity index (χ1n) is 5.52. The highest BCUT2D eigenvalue weighted by Crippen LogP contribution is 2.27. The predicted octanol–water partition coefficient (Wildman–Crippen LogP) is 3.41. The molecule has 0 atom stereocenters. The SMILES string of the molecule is Cc1ccccc1Oc1cc(C=O)ccc1C=O. The van der Waals surface area contributed by atoms with Crippen molar-refractivity contribution in [2.24, 2.45) is 0 Å². The lowest BCUT2D eigenvalue weighted by atomic mass is 10.1. The largest absolute Gasteiger partial charge is 0.456 e. The number of aryl methyl sites for hydroxylation is 1. The van der Waals surface area contributed by atoms with Gasteiger partial charge in [0, 0.05) is 5.56 Å². The molecule has 0 N–H and O–H groups in total. The molecule has 0 aliphatic rings. The van der Waals surface area contributed by atoms with Crippen LogP contribution in [0.15, 0.2) is 42.5 Å². The smallest absolute Gasteiger partial charge is 0.153 e. The number of hydrogen-bond acceptors (Lipinski definition) is 3. The molecule has 3 heteroatoms. The summed E-state index contributed by atoms with van der Waals surface area (Å²) in [6.07, 6.45) is 1.43. The summed E-state index contributed by atoms with van der Waals surface area (Å²) >= 11 is 0. The number of carbonyl (C=O) groups excluding carboxylic acids is 2. The van der Waals surface area contributed by atoms with E-state index >= 15 is 0 Å². The maximum Gasteiger partial charge on any atom is 0.153 e. The van der Waals surface area contributed by atoms with Crippen LogP contribution < -0.4 is 4.74 Å². The average molecular weight is 240 g/mol. The minimum Gasteiger partial charge on any atom is -0.456 e. The molecule has 2 aromatic rings. The zero-order chi connectivity index (χ0) is 13.0. The Bertz CT molecular complexity index is 588. The van der Waals surface area contributed by atoms with Gasteiger partial charge in [0.1, 0.15) is 17.8 Å². The number of aldehydes is 2. The zero-order valence-electron chi connectivity index (χ0n) is 9.92. The van der Waals surface area contributed by atoms with E-state index in [2.05, 4.69) is 0 Å². The second-order valence-corrected chi connectivity index (χ2v) is 3.90. The minimum atomic E-state index is 0.393. The Morgan fingerprint density at radius 3 is 2.39 bits per heavy atom. The van der Waals surface area contributed by atoms with E-state index in [1.807, 2.05) is 31.2 Å². The van der Waals surface area contributed by atoms with Gasteiger partial charge in [0.15, 0.2) is 6.29 Å². The summed E-state index contributed by atoms with van der Waals surface area (Å²) in [5.41, 5.74) is 1.86. The number of benzene rings is 2. The van der Waals surface area contributed by atoms with Crippen LogP contribution in [0.2, 0.25) is 0 Å². The molecule has 3 nitrogen and oxygen atoms in total. The number of para-hydroxylation sites is 1. The van der Waals surface area contributed by atoms with Crippen LogP contribution in [0.1, 0.15) is 26.3 Å². The van der Waals surface area contributed by atoms with Gasteiger partial charge in [-0.15, -0.1) is 0 Å². The molecular formula is C15H12O3. The van der Waals surface area contributed by atoms with E-state index in [4.69, 9.17) is 4.74 Å². The monoisotopic (exact) mass is 240 g/mol. The first-order valence-corrected chi connectivity index (χ1v) is 5.52. The molecule has 0 saturated carbocycles. The summed E-state index contributed by atoms with van der Waals surface area (Å²) in [7, 11) is 0. The first-order chi connectivity index (χ1) is 8.74. The lowest BCUT2D eigenvalue weighted by Crippen LogP contribution is -1.93. The van der Waals surface area contributed by atoms with Crippen molar-refractivity contribution in [3.05, 3.63) is 59.2 Å². The summed E-state index contributed by atoms with van der Waals surface area (Å²) in [4.78, 5) is 21.7. The Morgan fingerprint density at radius 1 is 0.944 bits per heavy atom. The molecule has 0 radical (unpaired) electrons. The van der Waals surface area contributed by atoms with Crippen LogP contribution in [0.4, 0.5) is 0 Å². The van der Waals surface area contributed by atoms with Crippen molar-refractivity contribution < 1.29 is 14.3 Å². The van der Waals surface area contributed by atoms with Crippen molar-refractivity contribution in [1.82, 2.24) is 0 Å². The van der Waals surface area contributed by atoms with Crippen molar-refractivity contribution in [1.29, 1.82) is 0 Å². The number of ether oxygens (including phenoxy) is 1. The van der Waals surface area contributed by atoms with E-state index in [0.29, 0.717) is 28.9 Å². The highest BCUT2D eigenvalue weighted by Gasteiger charge is 2.07. The summed E-state index contributed by atoms with van der Waals surface area (Å²) in [6, 6.07) is 12.2. The van der Waals surface area contributed by atoms with Crippen LogP contribution in [-0.4, -0.2) is 12.6 Å². The molecule has 2 rings (SSSR count). The van der Waals surface area contributed by atoms with Crippen molar-refractivity contribution in [3.63, 3.8) is 0 Å². The van der Waals surface area contributed by atoms with E-state index in [-0.39, 0.29) is 0 Å². The van der Waals surface area contributed by atoms with Gasteiger partial charge in [0.2, 0.25) is 0 Å². The van der Waals surface area contributed by atoms with Gasteiger partial charge in [-0.05, 0) is 30.7 Å². The molecule has 2 aromatic carbocycles. The molecule has 0 aliphatic carbocycles. The lowest BCUT2D eigenvalue weighted by Gasteiger charge is -2.10. The molecule has 0 aromatic heterocycles. The molecule has 18 heavy (non-hydrogen) atoms.